The van der Waals surface area contributed by atoms with Crippen molar-refractivity contribution in [2.45, 2.75) is 12.6 Å². The van der Waals surface area contributed by atoms with Crippen molar-refractivity contribution in [3.63, 3.8) is 0 Å². The third kappa shape index (κ3) is 4.52. The number of halogens is 3. The fraction of sp³-hybridized carbons (Fsp3) is 0.333. The van der Waals surface area contributed by atoms with Crippen LogP contribution in [0.5, 0.6) is 0 Å². The molecule has 1 heterocycles. The molecule has 0 amide bonds. The molecule has 0 atom stereocenters. The second-order valence-electron chi connectivity index (χ2n) is 2.98. The first-order chi connectivity index (χ1) is 8.04. The van der Waals surface area contributed by atoms with Gasteiger partial charge in [-0.2, -0.15) is 13.2 Å². The highest BCUT2D eigenvalue weighted by Crippen LogP contribution is 2.25. The van der Waals surface area contributed by atoms with Gasteiger partial charge >= 0.3 is 6.18 Å². The van der Waals surface area contributed by atoms with Crippen LogP contribution in [-0.4, -0.2) is 16.5 Å². The summed E-state index contributed by atoms with van der Waals surface area (Å²) in [5.74, 6) is -1.16. The van der Waals surface area contributed by atoms with Crippen LogP contribution in [0.1, 0.15) is 17.8 Å². The zero-order valence-corrected chi connectivity index (χ0v) is 8.59. The van der Waals surface area contributed by atoms with Gasteiger partial charge in [0.2, 0.25) is 5.82 Å². The van der Waals surface area contributed by atoms with Gasteiger partial charge in [-0.3, -0.25) is 0 Å². The molecule has 0 aliphatic heterocycles. The Morgan fingerprint density at radius 1 is 1.35 bits per heavy atom. The minimum absolute atomic E-state index is 0.300. The van der Waals surface area contributed by atoms with Crippen LogP contribution in [0.25, 0.3) is 16.5 Å². The Balaban J connectivity index is 2.59. The van der Waals surface area contributed by atoms with Crippen LogP contribution in [0.4, 0.5) is 13.2 Å². The van der Waals surface area contributed by atoms with Crippen molar-refractivity contribution in [1.29, 1.82) is 0 Å². The maximum atomic E-state index is 12.1. The number of alkyl halides is 3. The third-order valence-electron chi connectivity index (χ3n) is 1.69. The Labute approximate surface area is 94.6 Å². The molecule has 17 heavy (non-hydrogen) atoms. The summed E-state index contributed by atoms with van der Waals surface area (Å²) in [5.41, 5.74) is 8.45. The summed E-state index contributed by atoms with van der Waals surface area (Å²) in [5, 5.41) is 3.30. The van der Waals surface area contributed by atoms with E-state index in [1.807, 2.05) is 0 Å². The quantitative estimate of drug-likeness (QED) is 0.352. The first kappa shape index (κ1) is 13.0. The fourth-order valence-electron chi connectivity index (χ4n) is 0.967. The molecule has 0 bridgehead atoms. The maximum Gasteiger partial charge on any atom is 0.451 e. The van der Waals surface area contributed by atoms with E-state index in [-0.39, 0.29) is 0 Å². The van der Waals surface area contributed by atoms with Gasteiger partial charge in [-0.1, -0.05) is 17.3 Å². The lowest BCUT2D eigenvalue weighted by molar-refractivity contribution is -0.145. The van der Waals surface area contributed by atoms with Crippen molar-refractivity contribution in [1.82, 2.24) is 9.97 Å². The number of rotatable bonds is 4. The van der Waals surface area contributed by atoms with Crippen LogP contribution in [-0.2, 0) is 6.18 Å². The average Bonchev–Trinajstić information content (AvgIpc) is 2.28. The normalized spacial score (nSPS) is 11.5. The van der Waals surface area contributed by atoms with Gasteiger partial charge in [-0.05, 0) is 12.0 Å². The van der Waals surface area contributed by atoms with Gasteiger partial charge in [0, 0.05) is 29.4 Å². The van der Waals surface area contributed by atoms with E-state index in [2.05, 4.69) is 20.0 Å². The molecule has 0 spiro atoms. The molecule has 0 unspecified atom stereocenters. The smallest absolute Gasteiger partial charge is 0.232 e. The molecular formula is C9H8F3N5. The molecule has 8 heteroatoms. The zero-order chi connectivity index (χ0) is 12.7. The van der Waals surface area contributed by atoms with E-state index >= 15 is 0 Å². The number of azide groups is 1. The summed E-state index contributed by atoms with van der Waals surface area (Å²) < 4.78 is 36.4. The summed E-state index contributed by atoms with van der Waals surface area (Å²) in [6.07, 6.45) is 1.38. The molecule has 0 saturated carbocycles. The lowest BCUT2D eigenvalue weighted by Crippen LogP contribution is -2.10. The first-order valence-corrected chi connectivity index (χ1v) is 4.60. The van der Waals surface area contributed by atoms with E-state index in [1.165, 1.54) is 0 Å². The topological polar surface area (TPSA) is 74.5 Å². The molecule has 1 rings (SSSR count). The molecule has 0 aromatic carbocycles. The van der Waals surface area contributed by atoms with Gasteiger partial charge < -0.3 is 0 Å². The van der Waals surface area contributed by atoms with Crippen LogP contribution in [0.3, 0.4) is 0 Å². The van der Waals surface area contributed by atoms with E-state index < -0.39 is 12.0 Å². The molecule has 90 valence electrons. The Morgan fingerprint density at radius 2 is 2.00 bits per heavy atom. The summed E-state index contributed by atoms with van der Waals surface area (Å²) >= 11 is 0. The molecule has 0 radical (unpaired) electrons. The Morgan fingerprint density at radius 3 is 2.53 bits per heavy atom. The Kier molecular flexibility index (Phi) is 4.47. The van der Waals surface area contributed by atoms with E-state index in [1.54, 1.807) is 12.2 Å². The van der Waals surface area contributed by atoms with E-state index in [4.69, 9.17) is 5.53 Å². The lowest BCUT2D eigenvalue weighted by atomic mass is 10.3. The van der Waals surface area contributed by atoms with Crippen LogP contribution >= 0.6 is 0 Å². The van der Waals surface area contributed by atoms with Crippen LogP contribution in [0.2, 0.25) is 0 Å². The summed E-state index contributed by atoms with van der Waals surface area (Å²) in [6, 6.07) is 0. The SMILES string of the molecule is [N-]=[N+]=NCCC=Cc1cnc(C(F)(F)F)nc1. The van der Waals surface area contributed by atoms with Crippen molar-refractivity contribution < 1.29 is 13.2 Å². The number of hydrogen-bond acceptors (Lipinski definition) is 3. The van der Waals surface area contributed by atoms with Crippen molar-refractivity contribution in [2.75, 3.05) is 6.54 Å². The fourth-order valence-corrected chi connectivity index (χ4v) is 0.967. The second-order valence-corrected chi connectivity index (χ2v) is 2.98. The predicted octanol–water partition coefficient (Wildman–Crippen LogP) is 3.21. The van der Waals surface area contributed by atoms with E-state index in [0.29, 0.717) is 18.5 Å². The largest absolute Gasteiger partial charge is 0.451 e. The van der Waals surface area contributed by atoms with Gasteiger partial charge in [-0.15, -0.1) is 0 Å². The summed E-state index contributed by atoms with van der Waals surface area (Å²) in [7, 11) is 0. The predicted molar refractivity (Wildman–Crippen MR) is 54.7 cm³/mol. The van der Waals surface area contributed by atoms with Gasteiger partial charge in [0.1, 0.15) is 0 Å². The first-order valence-electron chi connectivity index (χ1n) is 4.60. The molecule has 0 aliphatic rings. The summed E-state index contributed by atoms with van der Waals surface area (Å²) in [4.78, 5) is 8.95. The highest BCUT2D eigenvalue weighted by molar-refractivity contribution is 5.46. The van der Waals surface area contributed by atoms with Crippen LogP contribution in [0, 0.1) is 0 Å². The van der Waals surface area contributed by atoms with Gasteiger partial charge in [0.25, 0.3) is 0 Å². The second kappa shape index (κ2) is 5.86. The van der Waals surface area contributed by atoms with Crippen molar-refractivity contribution in [2.24, 2.45) is 5.11 Å². The lowest BCUT2D eigenvalue weighted by Gasteiger charge is -2.03. The Hall–Kier alpha value is -2.08. The molecular weight excluding hydrogens is 235 g/mol. The standard InChI is InChI=1S/C9H8F3N5/c10-9(11,12)8-14-5-7(6-15-8)3-1-2-4-16-17-13/h1,3,5-6H,2,4H2. The van der Waals surface area contributed by atoms with Crippen LogP contribution < -0.4 is 0 Å². The molecule has 1 aromatic rings. The monoisotopic (exact) mass is 243 g/mol. The average molecular weight is 243 g/mol. The third-order valence-corrected chi connectivity index (χ3v) is 1.69. The van der Waals surface area contributed by atoms with Crippen molar-refractivity contribution >= 4 is 6.08 Å². The van der Waals surface area contributed by atoms with Crippen molar-refractivity contribution in [3.8, 4) is 0 Å². The molecule has 1 aromatic heterocycles. The summed E-state index contributed by atoms with van der Waals surface area (Å²) in [6.45, 7) is 0.300. The molecule has 0 fully saturated rings. The molecule has 0 N–H and O–H groups in total. The van der Waals surface area contributed by atoms with Gasteiger partial charge in [0.15, 0.2) is 0 Å². The maximum absolute atomic E-state index is 12.1. The molecule has 0 aliphatic carbocycles. The Bertz CT molecular complexity index is 431. The minimum atomic E-state index is -4.52. The zero-order valence-electron chi connectivity index (χ0n) is 8.59. The van der Waals surface area contributed by atoms with E-state index in [9.17, 15) is 13.2 Å². The van der Waals surface area contributed by atoms with E-state index in [0.717, 1.165) is 12.4 Å². The highest BCUT2D eigenvalue weighted by Gasteiger charge is 2.34. The van der Waals surface area contributed by atoms with Crippen molar-refractivity contribution in [3.05, 3.63) is 40.3 Å². The highest BCUT2D eigenvalue weighted by atomic mass is 19.4. The van der Waals surface area contributed by atoms with Gasteiger partial charge in [0.05, 0.1) is 0 Å². The molecule has 5 nitrogen and oxygen atoms in total. The van der Waals surface area contributed by atoms with Crippen LogP contribution in [0.15, 0.2) is 23.6 Å². The minimum Gasteiger partial charge on any atom is -0.232 e. The van der Waals surface area contributed by atoms with Gasteiger partial charge in [-0.25, -0.2) is 9.97 Å². The number of hydrogen-bond donors (Lipinski definition) is 0. The number of aromatic nitrogens is 2. The number of nitrogens with zero attached hydrogens (tertiary/aromatic N) is 5. The molecule has 0 saturated heterocycles.